The third-order valence-electron chi connectivity index (χ3n) is 3.14. The highest BCUT2D eigenvalue weighted by molar-refractivity contribution is 9.10. The lowest BCUT2D eigenvalue weighted by atomic mass is 10.2. The highest BCUT2D eigenvalue weighted by Crippen LogP contribution is 2.27. The van der Waals surface area contributed by atoms with Gasteiger partial charge in [0.15, 0.2) is 5.78 Å². The van der Waals surface area contributed by atoms with Gasteiger partial charge in [-0.15, -0.1) is 0 Å². The van der Waals surface area contributed by atoms with Gasteiger partial charge in [0.05, 0.1) is 11.2 Å². The lowest BCUT2D eigenvalue weighted by Crippen LogP contribution is -2.03. The standard InChI is InChI=1S/C16H12BrNO/c1-11(19)16-10-12-9-13(17)7-8-15(12)18(16)14-5-3-2-4-6-14/h2-10H,1H3. The summed E-state index contributed by atoms with van der Waals surface area (Å²) in [6, 6.07) is 17.9. The van der Waals surface area contributed by atoms with Gasteiger partial charge in [0.25, 0.3) is 0 Å². The molecule has 3 aromatic rings. The quantitative estimate of drug-likeness (QED) is 0.634. The van der Waals surface area contributed by atoms with Crippen LogP contribution in [0.2, 0.25) is 0 Å². The Bertz CT molecular complexity index is 759. The Kier molecular flexibility index (Phi) is 2.99. The van der Waals surface area contributed by atoms with E-state index >= 15 is 0 Å². The van der Waals surface area contributed by atoms with Crippen LogP contribution in [-0.2, 0) is 0 Å². The molecule has 0 saturated carbocycles. The van der Waals surface area contributed by atoms with E-state index in [0.29, 0.717) is 5.69 Å². The molecule has 0 saturated heterocycles. The molecule has 0 bridgehead atoms. The summed E-state index contributed by atoms with van der Waals surface area (Å²) in [5, 5.41) is 1.06. The van der Waals surface area contributed by atoms with Gasteiger partial charge in [0.2, 0.25) is 0 Å². The molecule has 0 unspecified atom stereocenters. The molecule has 0 aliphatic rings. The van der Waals surface area contributed by atoms with Crippen LogP contribution in [0.4, 0.5) is 0 Å². The monoisotopic (exact) mass is 313 g/mol. The number of para-hydroxylation sites is 1. The number of carbonyl (C=O) groups is 1. The Labute approximate surface area is 119 Å². The molecule has 0 aliphatic heterocycles. The fourth-order valence-electron chi connectivity index (χ4n) is 2.30. The first-order chi connectivity index (χ1) is 9.16. The van der Waals surface area contributed by atoms with Crippen LogP contribution in [0.25, 0.3) is 16.6 Å². The zero-order chi connectivity index (χ0) is 13.4. The maximum atomic E-state index is 11.9. The molecule has 0 amide bonds. The molecule has 0 N–H and O–H groups in total. The highest BCUT2D eigenvalue weighted by atomic mass is 79.9. The molecular weight excluding hydrogens is 302 g/mol. The van der Waals surface area contributed by atoms with Crippen LogP contribution in [0.5, 0.6) is 0 Å². The summed E-state index contributed by atoms with van der Waals surface area (Å²) in [6.07, 6.45) is 0. The molecule has 0 spiro atoms. The van der Waals surface area contributed by atoms with Crippen molar-refractivity contribution in [2.45, 2.75) is 6.92 Å². The number of nitrogens with zero attached hydrogens (tertiary/aromatic N) is 1. The fraction of sp³-hybridized carbons (Fsp3) is 0.0625. The van der Waals surface area contributed by atoms with E-state index in [2.05, 4.69) is 15.9 Å². The number of carbonyl (C=O) groups excluding carboxylic acids is 1. The molecule has 94 valence electrons. The van der Waals surface area contributed by atoms with E-state index in [9.17, 15) is 4.79 Å². The van der Waals surface area contributed by atoms with Gasteiger partial charge in [-0.3, -0.25) is 4.79 Å². The number of Topliss-reactive ketones (excluding diaryl/α,β-unsaturated/α-hetero) is 1. The SMILES string of the molecule is CC(=O)c1cc2cc(Br)ccc2n1-c1ccccc1. The maximum Gasteiger partial charge on any atom is 0.176 e. The van der Waals surface area contributed by atoms with Crippen LogP contribution in [0.15, 0.2) is 59.1 Å². The summed E-state index contributed by atoms with van der Waals surface area (Å²) in [6.45, 7) is 1.60. The number of aromatic nitrogens is 1. The van der Waals surface area contributed by atoms with Gasteiger partial charge < -0.3 is 4.57 Å². The minimum Gasteiger partial charge on any atom is -0.307 e. The minimum atomic E-state index is 0.0659. The van der Waals surface area contributed by atoms with E-state index < -0.39 is 0 Å². The van der Waals surface area contributed by atoms with Gasteiger partial charge in [-0.05, 0) is 36.4 Å². The zero-order valence-electron chi connectivity index (χ0n) is 10.4. The highest BCUT2D eigenvalue weighted by Gasteiger charge is 2.13. The number of fused-ring (bicyclic) bond motifs is 1. The third-order valence-corrected chi connectivity index (χ3v) is 3.63. The summed E-state index contributed by atoms with van der Waals surface area (Å²) < 4.78 is 3.02. The number of hydrogen-bond acceptors (Lipinski definition) is 1. The second-order valence-electron chi connectivity index (χ2n) is 4.46. The fourth-order valence-corrected chi connectivity index (χ4v) is 2.68. The lowest BCUT2D eigenvalue weighted by molar-refractivity contribution is 0.101. The number of ketones is 1. The molecule has 1 heterocycles. The number of hydrogen-bond donors (Lipinski definition) is 0. The molecule has 19 heavy (non-hydrogen) atoms. The number of halogens is 1. The van der Waals surface area contributed by atoms with E-state index in [0.717, 1.165) is 21.1 Å². The van der Waals surface area contributed by atoms with Gasteiger partial charge in [-0.2, -0.15) is 0 Å². The van der Waals surface area contributed by atoms with E-state index in [1.54, 1.807) is 6.92 Å². The first kappa shape index (κ1) is 12.2. The van der Waals surface area contributed by atoms with Crippen molar-refractivity contribution in [2.75, 3.05) is 0 Å². The van der Waals surface area contributed by atoms with Crippen molar-refractivity contribution < 1.29 is 4.79 Å². The van der Waals surface area contributed by atoms with Crippen LogP contribution in [-0.4, -0.2) is 10.4 Å². The average molecular weight is 314 g/mol. The minimum absolute atomic E-state index is 0.0659. The second-order valence-corrected chi connectivity index (χ2v) is 5.38. The van der Waals surface area contributed by atoms with Gasteiger partial charge >= 0.3 is 0 Å². The summed E-state index contributed by atoms with van der Waals surface area (Å²) in [5.41, 5.74) is 2.75. The van der Waals surface area contributed by atoms with Crippen LogP contribution >= 0.6 is 15.9 Å². The van der Waals surface area contributed by atoms with Gasteiger partial charge in [-0.1, -0.05) is 34.1 Å². The number of benzene rings is 2. The smallest absolute Gasteiger partial charge is 0.176 e. The van der Waals surface area contributed by atoms with Gasteiger partial charge in [-0.25, -0.2) is 0 Å². The van der Waals surface area contributed by atoms with Crippen molar-refractivity contribution in [3.05, 3.63) is 64.8 Å². The first-order valence-electron chi connectivity index (χ1n) is 6.04. The molecule has 3 heteroatoms. The van der Waals surface area contributed by atoms with Crippen LogP contribution in [0.3, 0.4) is 0 Å². The first-order valence-corrected chi connectivity index (χ1v) is 6.83. The van der Waals surface area contributed by atoms with Crippen LogP contribution in [0, 0.1) is 0 Å². The molecule has 0 radical (unpaired) electrons. The van der Waals surface area contributed by atoms with E-state index in [-0.39, 0.29) is 5.78 Å². The normalized spacial score (nSPS) is 10.8. The van der Waals surface area contributed by atoms with Crippen LogP contribution < -0.4 is 0 Å². The average Bonchev–Trinajstić information content (AvgIpc) is 2.78. The van der Waals surface area contributed by atoms with E-state index in [4.69, 9.17) is 0 Å². The van der Waals surface area contributed by atoms with Crippen molar-refractivity contribution in [1.29, 1.82) is 0 Å². The van der Waals surface area contributed by atoms with E-state index in [1.807, 2.05) is 59.2 Å². The molecule has 1 aromatic heterocycles. The summed E-state index contributed by atoms with van der Waals surface area (Å²) in [4.78, 5) is 11.9. The molecular formula is C16H12BrNO. The largest absolute Gasteiger partial charge is 0.307 e. The summed E-state index contributed by atoms with van der Waals surface area (Å²) in [5.74, 6) is 0.0659. The predicted molar refractivity (Wildman–Crippen MR) is 81.0 cm³/mol. The maximum absolute atomic E-state index is 11.9. The van der Waals surface area contributed by atoms with Crippen LogP contribution in [0.1, 0.15) is 17.4 Å². The molecule has 0 aliphatic carbocycles. The van der Waals surface area contributed by atoms with Gasteiger partial charge in [0.1, 0.15) is 0 Å². The number of rotatable bonds is 2. The summed E-state index contributed by atoms with van der Waals surface area (Å²) >= 11 is 3.47. The van der Waals surface area contributed by atoms with Gasteiger partial charge in [0, 0.05) is 22.5 Å². The Balaban J connectivity index is 2.38. The van der Waals surface area contributed by atoms with E-state index in [1.165, 1.54) is 0 Å². The Morgan fingerprint density at radius 2 is 1.79 bits per heavy atom. The van der Waals surface area contributed by atoms with Crippen molar-refractivity contribution in [3.63, 3.8) is 0 Å². The Morgan fingerprint density at radius 3 is 2.47 bits per heavy atom. The molecule has 3 rings (SSSR count). The second kappa shape index (κ2) is 4.67. The summed E-state index contributed by atoms with van der Waals surface area (Å²) in [7, 11) is 0. The Hall–Kier alpha value is -1.87. The predicted octanol–water partition coefficient (Wildman–Crippen LogP) is 4.60. The zero-order valence-corrected chi connectivity index (χ0v) is 12.0. The molecule has 2 nitrogen and oxygen atoms in total. The van der Waals surface area contributed by atoms with Crippen molar-refractivity contribution in [3.8, 4) is 5.69 Å². The van der Waals surface area contributed by atoms with Crippen molar-refractivity contribution >= 4 is 32.6 Å². The van der Waals surface area contributed by atoms with Crippen molar-refractivity contribution in [1.82, 2.24) is 4.57 Å². The lowest BCUT2D eigenvalue weighted by Gasteiger charge is -2.08. The molecule has 2 aromatic carbocycles. The topological polar surface area (TPSA) is 22.0 Å². The Morgan fingerprint density at radius 1 is 1.05 bits per heavy atom. The molecule has 0 fully saturated rings. The van der Waals surface area contributed by atoms with Crippen molar-refractivity contribution in [2.24, 2.45) is 0 Å². The molecule has 0 atom stereocenters. The third kappa shape index (κ3) is 2.10.